The van der Waals surface area contributed by atoms with Crippen LogP contribution < -0.4 is 15.1 Å². The first kappa shape index (κ1) is 18.5. The summed E-state index contributed by atoms with van der Waals surface area (Å²) >= 11 is 0. The van der Waals surface area contributed by atoms with Gasteiger partial charge in [0.15, 0.2) is 17.6 Å². The quantitative estimate of drug-likeness (QED) is 0.542. The Morgan fingerprint density at radius 3 is 2.63 bits per heavy atom. The van der Waals surface area contributed by atoms with E-state index in [0.29, 0.717) is 28.4 Å². The number of hydrogen-bond donors (Lipinski definition) is 1. The number of oxazole rings is 1. The Hall–Kier alpha value is -3.54. The van der Waals surface area contributed by atoms with Gasteiger partial charge in [0.05, 0.1) is 24.4 Å². The molecule has 0 saturated carbocycles. The van der Waals surface area contributed by atoms with Gasteiger partial charge in [0.25, 0.3) is 0 Å². The molecule has 152 valence electrons. The molecule has 5 rings (SSSR count). The lowest BCUT2D eigenvalue weighted by Crippen LogP contribution is -2.34. The molecular weight excluding hydrogens is 378 g/mol. The molecular formula is C24H23N3O3. The number of anilines is 1. The van der Waals surface area contributed by atoms with Crippen LogP contribution in [0.2, 0.25) is 0 Å². The molecule has 0 atom stereocenters. The van der Waals surface area contributed by atoms with E-state index in [-0.39, 0.29) is 5.43 Å². The van der Waals surface area contributed by atoms with Crippen molar-refractivity contribution >= 4 is 16.7 Å². The van der Waals surface area contributed by atoms with Gasteiger partial charge in [0.1, 0.15) is 11.6 Å². The maximum absolute atomic E-state index is 12.9. The van der Waals surface area contributed by atoms with Crippen LogP contribution in [0.1, 0.15) is 24.3 Å². The summed E-state index contributed by atoms with van der Waals surface area (Å²) in [5.74, 6) is 2.63. The summed E-state index contributed by atoms with van der Waals surface area (Å²) in [5.41, 5.74) is 2.84. The van der Waals surface area contributed by atoms with Crippen molar-refractivity contribution in [2.45, 2.75) is 18.8 Å². The van der Waals surface area contributed by atoms with E-state index in [1.807, 2.05) is 6.07 Å². The molecule has 3 heterocycles. The molecule has 6 nitrogen and oxygen atoms in total. The van der Waals surface area contributed by atoms with Crippen LogP contribution >= 0.6 is 0 Å². The minimum atomic E-state index is -0.0210. The number of piperidine rings is 1. The molecule has 0 unspecified atom stereocenters. The van der Waals surface area contributed by atoms with E-state index >= 15 is 0 Å². The zero-order valence-electron chi connectivity index (χ0n) is 16.8. The third kappa shape index (κ3) is 3.34. The predicted molar refractivity (Wildman–Crippen MR) is 117 cm³/mol. The van der Waals surface area contributed by atoms with Gasteiger partial charge in [0, 0.05) is 30.6 Å². The molecule has 2 aromatic carbocycles. The summed E-state index contributed by atoms with van der Waals surface area (Å²) in [5, 5.41) is 0.602. The van der Waals surface area contributed by atoms with Crippen LogP contribution in [0.3, 0.4) is 0 Å². The molecule has 1 aliphatic heterocycles. The van der Waals surface area contributed by atoms with E-state index in [2.05, 4.69) is 45.2 Å². The number of ether oxygens (including phenoxy) is 1. The lowest BCUT2D eigenvalue weighted by atomic mass is 9.89. The van der Waals surface area contributed by atoms with Crippen LogP contribution in [0, 0.1) is 0 Å². The molecule has 0 aliphatic carbocycles. The number of hydrogen-bond acceptors (Lipinski definition) is 5. The normalized spacial score (nSPS) is 14.9. The van der Waals surface area contributed by atoms with Gasteiger partial charge in [-0.2, -0.15) is 0 Å². The predicted octanol–water partition coefficient (Wildman–Crippen LogP) is 4.58. The monoisotopic (exact) mass is 401 g/mol. The van der Waals surface area contributed by atoms with E-state index in [0.717, 1.165) is 37.3 Å². The van der Waals surface area contributed by atoms with E-state index in [9.17, 15) is 4.79 Å². The number of fused-ring (bicyclic) bond motifs is 1. The van der Waals surface area contributed by atoms with E-state index < -0.39 is 0 Å². The number of aromatic nitrogens is 2. The van der Waals surface area contributed by atoms with Crippen molar-refractivity contribution in [2.75, 3.05) is 25.1 Å². The SMILES string of the molecule is COc1cc2[nH]c(N3CCC(c4ccccc4)CC3)cc(=O)c2cc1-c1cnco1. The highest BCUT2D eigenvalue weighted by molar-refractivity contribution is 5.88. The number of nitrogens with zero attached hydrogens (tertiary/aromatic N) is 2. The largest absolute Gasteiger partial charge is 0.496 e. The van der Waals surface area contributed by atoms with Gasteiger partial charge in [-0.05, 0) is 30.4 Å². The highest BCUT2D eigenvalue weighted by atomic mass is 16.5. The van der Waals surface area contributed by atoms with Gasteiger partial charge < -0.3 is 19.0 Å². The minimum absolute atomic E-state index is 0.0210. The van der Waals surface area contributed by atoms with E-state index in [4.69, 9.17) is 9.15 Å². The van der Waals surface area contributed by atoms with E-state index in [1.54, 1.807) is 25.4 Å². The van der Waals surface area contributed by atoms with Gasteiger partial charge in [-0.25, -0.2) is 4.98 Å². The number of H-pyrrole nitrogens is 1. The van der Waals surface area contributed by atoms with Crippen LogP contribution in [0.15, 0.2) is 70.3 Å². The number of pyridine rings is 1. The zero-order valence-corrected chi connectivity index (χ0v) is 16.8. The van der Waals surface area contributed by atoms with Crippen molar-refractivity contribution in [3.8, 4) is 17.1 Å². The van der Waals surface area contributed by atoms with Crippen molar-refractivity contribution in [3.63, 3.8) is 0 Å². The summed E-state index contributed by atoms with van der Waals surface area (Å²) in [4.78, 5) is 22.6. The highest BCUT2D eigenvalue weighted by Gasteiger charge is 2.22. The van der Waals surface area contributed by atoms with Crippen LogP contribution in [0.25, 0.3) is 22.2 Å². The summed E-state index contributed by atoms with van der Waals surface area (Å²) in [7, 11) is 1.61. The first-order valence-electron chi connectivity index (χ1n) is 10.2. The van der Waals surface area contributed by atoms with Crippen molar-refractivity contribution in [2.24, 2.45) is 0 Å². The first-order valence-corrected chi connectivity index (χ1v) is 10.2. The minimum Gasteiger partial charge on any atom is -0.496 e. The molecule has 6 heteroatoms. The van der Waals surface area contributed by atoms with Gasteiger partial charge in [-0.1, -0.05) is 30.3 Å². The van der Waals surface area contributed by atoms with Gasteiger partial charge in [0.2, 0.25) is 0 Å². The maximum atomic E-state index is 12.9. The molecule has 0 spiro atoms. The summed E-state index contributed by atoms with van der Waals surface area (Å²) in [6.07, 6.45) is 5.12. The molecule has 30 heavy (non-hydrogen) atoms. The second kappa shape index (κ2) is 7.71. The molecule has 1 N–H and O–H groups in total. The standard InChI is InChI=1S/C24H23N3O3/c1-29-22-12-20-18(11-19(22)23-14-25-15-30-23)21(28)13-24(26-20)27-9-7-17(8-10-27)16-5-3-2-4-6-16/h2-6,11-15,17H,7-10H2,1H3,(H,26,28). The number of methoxy groups -OCH3 is 1. The van der Waals surface area contributed by atoms with Crippen molar-refractivity contribution in [3.05, 3.63) is 76.9 Å². The second-order valence-corrected chi connectivity index (χ2v) is 7.65. The third-order valence-electron chi connectivity index (χ3n) is 5.94. The molecule has 4 aromatic rings. The fraction of sp³-hybridized carbons (Fsp3) is 0.250. The Morgan fingerprint density at radius 2 is 1.93 bits per heavy atom. The van der Waals surface area contributed by atoms with Crippen LogP contribution in [0.4, 0.5) is 5.82 Å². The third-order valence-corrected chi connectivity index (χ3v) is 5.94. The summed E-state index contributed by atoms with van der Waals surface area (Å²) in [6.45, 7) is 1.82. The molecule has 1 aliphatic rings. The average Bonchev–Trinajstić information content (AvgIpc) is 3.34. The van der Waals surface area contributed by atoms with Gasteiger partial charge >= 0.3 is 0 Å². The Bertz CT molecular complexity index is 1210. The maximum Gasteiger partial charge on any atom is 0.191 e. The molecule has 0 amide bonds. The number of aromatic amines is 1. The number of nitrogens with one attached hydrogen (secondary N) is 1. The molecule has 1 fully saturated rings. The zero-order chi connectivity index (χ0) is 20.5. The van der Waals surface area contributed by atoms with Crippen molar-refractivity contribution in [1.82, 2.24) is 9.97 Å². The average molecular weight is 401 g/mol. The van der Waals surface area contributed by atoms with Crippen LogP contribution in [-0.2, 0) is 0 Å². The Balaban J connectivity index is 1.45. The lowest BCUT2D eigenvalue weighted by Gasteiger charge is -2.33. The number of rotatable bonds is 4. The lowest BCUT2D eigenvalue weighted by molar-refractivity contribution is 0.415. The van der Waals surface area contributed by atoms with Crippen LogP contribution in [-0.4, -0.2) is 30.2 Å². The molecule has 2 aromatic heterocycles. The first-order chi connectivity index (χ1) is 14.7. The summed E-state index contributed by atoms with van der Waals surface area (Å²) in [6, 6.07) is 16.0. The smallest absolute Gasteiger partial charge is 0.191 e. The number of benzene rings is 2. The molecule has 0 bridgehead atoms. The Kier molecular flexibility index (Phi) is 4.75. The fourth-order valence-electron chi connectivity index (χ4n) is 4.32. The van der Waals surface area contributed by atoms with Crippen molar-refractivity contribution in [1.29, 1.82) is 0 Å². The second-order valence-electron chi connectivity index (χ2n) is 7.65. The van der Waals surface area contributed by atoms with Crippen LogP contribution in [0.5, 0.6) is 5.75 Å². The topological polar surface area (TPSA) is 71.4 Å². The van der Waals surface area contributed by atoms with Crippen molar-refractivity contribution < 1.29 is 9.15 Å². The van der Waals surface area contributed by atoms with Gasteiger partial charge in [-0.3, -0.25) is 4.79 Å². The Labute approximate surface area is 174 Å². The van der Waals surface area contributed by atoms with E-state index in [1.165, 1.54) is 12.0 Å². The van der Waals surface area contributed by atoms with Gasteiger partial charge in [-0.15, -0.1) is 0 Å². The fourth-order valence-corrected chi connectivity index (χ4v) is 4.32. The molecule has 1 saturated heterocycles. The summed E-state index contributed by atoms with van der Waals surface area (Å²) < 4.78 is 10.9. The highest BCUT2D eigenvalue weighted by Crippen LogP contribution is 2.34. The molecule has 0 radical (unpaired) electrons. The Morgan fingerprint density at radius 1 is 1.13 bits per heavy atom.